The van der Waals surface area contributed by atoms with E-state index in [0.29, 0.717) is 12.0 Å². The van der Waals surface area contributed by atoms with Crippen molar-refractivity contribution in [2.75, 3.05) is 19.6 Å². The van der Waals surface area contributed by atoms with Crippen LogP contribution in [0.5, 0.6) is 0 Å². The highest BCUT2D eigenvalue weighted by Crippen LogP contribution is 2.31. The van der Waals surface area contributed by atoms with Crippen LogP contribution in [0.15, 0.2) is 0 Å². The number of nitrogens with zero attached hydrogens (tertiary/aromatic N) is 1. The molecule has 76 valence electrons. The van der Waals surface area contributed by atoms with Crippen LogP contribution in [0.3, 0.4) is 0 Å². The summed E-state index contributed by atoms with van der Waals surface area (Å²) in [5, 5.41) is 9.45. The zero-order valence-electron chi connectivity index (χ0n) is 8.15. The van der Waals surface area contributed by atoms with Gasteiger partial charge in [0.1, 0.15) is 0 Å². The Labute approximate surface area is 79.9 Å². The minimum Gasteiger partial charge on any atom is -0.392 e. The van der Waals surface area contributed by atoms with E-state index in [9.17, 15) is 5.11 Å². The summed E-state index contributed by atoms with van der Waals surface area (Å²) >= 11 is 0. The van der Waals surface area contributed by atoms with Crippen molar-refractivity contribution in [2.45, 2.75) is 37.8 Å². The maximum Gasteiger partial charge on any atom is 0.0679 e. The lowest BCUT2D eigenvalue weighted by Crippen LogP contribution is -2.39. The van der Waals surface area contributed by atoms with Gasteiger partial charge in [0.2, 0.25) is 0 Å². The molecule has 0 amide bonds. The van der Waals surface area contributed by atoms with Crippen LogP contribution in [-0.4, -0.2) is 41.8 Å². The summed E-state index contributed by atoms with van der Waals surface area (Å²) in [6.45, 7) is 2.76. The highest BCUT2D eigenvalue weighted by molar-refractivity contribution is 4.89. The van der Waals surface area contributed by atoms with E-state index < -0.39 is 0 Å². The molecule has 1 aliphatic carbocycles. The van der Waals surface area contributed by atoms with Crippen LogP contribution in [-0.2, 0) is 0 Å². The second-order valence-electron chi connectivity index (χ2n) is 4.43. The Kier molecular flexibility index (Phi) is 2.86. The fourth-order valence-corrected chi connectivity index (χ4v) is 2.84. The molecule has 1 heterocycles. The van der Waals surface area contributed by atoms with Crippen molar-refractivity contribution < 1.29 is 5.11 Å². The molecule has 1 saturated carbocycles. The van der Waals surface area contributed by atoms with Crippen molar-refractivity contribution in [2.24, 2.45) is 11.7 Å². The van der Waals surface area contributed by atoms with Gasteiger partial charge in [0.25, 0.3) is 0 Å². The molecular formula is C10H20N2O. The molecule has 0 aromatic rings. The fraction of sp³-hybridized carbons (Fsp3) is 1.00. The second-order valence-corrected chi connectivity index (χ2v) is 4.43. The molecule has 2 rings (SSSR count). The average molecular weight is 184 g/mol. The van der Waals surface area contributed by atoms with Gasteiger partial charge >= 0.3 is 0 Å². The molecule has 3 atom stereocenters. The number of rotatable bonds is 2. The van der Waals surface area contributed by atoms with Crippen molar-refractivity contribution in [3.8, 4) is 0 Å². The smallest absolute Gasteiger partial charge is 0.0679 e. The van der Waals surface area contributed by atoms with E-state index in [4.69, 9.17) is 5.73 Å². The summed E-state index contributed by atoms with van der Waals surface area (Å²) in [4.78, 5) is 2.44. The number of nitrogens with two attached hydrogens (primary N) is 1. The molecule has 0 spiro atoms. The Bertz CT molecular complexity index is 174. The van der Waals surface area contributed by atoms with Gasteiger partial charge in [0.15, 0.2) is 0 Å². The molecule has 13 heavy (non-hydrogen) atoms. The number of aliphatic hydroxyl groups is 1. The molecular weight excluding hydrogens is 164 g/mol. The summed E-state index contributed by atoms with van der Waals surface area (Å²) in [6.07, 6.45) is 4.76. The fourth-order valence-electron chi connectivity index (χ4n) is 2.84. The van der Waals surface area contributed by atoms with Crippen LogP contribution >= 0.6 is 0 Å². The molecule has 1 aliphatic heterocycles. The van der Waals surface area contributed by atoms with Gasteiger partial charge in [-0.2, -0.15) is 0 Å². The van der Waals surface area contributed by atoms with Gasteiger partial charge in [-0.15, -0.1) is 0 Å². The van der Waals surface area contributed by atoms with Crippen molar-refractivity contribution in [1.29, 1.82) is 0 Å². The summed E-state index contributed by atoms with van der Waals surface area (Å²) in [5.41, 5.74) is 5.74. The Morgan fingerprint density at radius 3 is 2.77 bits per heavy atom. The van der Waals surface area contributed by atoms with E-state index in [1.807, 2.05) is 0 Å². The van der Waals surface area contributed by atoms with E-state index >= 15 is 0 Å². The Hall–Kier alpha value is -0.120. The maximum atomic E-state index is 9.45. The summed E-state index contributed by atoms with van der Waals surface area (Å²) < 4.78 is 0. The molecule has 0 bridgehead atoms. The molecule has 3 nitrogen and oxygen atoms in total. The molecule has 0 aromatic heterocycles. The minimum atomic E-state index is -0.0842. The molecule has 3 N–H and O–H groups in total. The van der Waals surface area contributed by atoms with Crippen LogP contribution in [0.2, 0.25) is 0 Å². The summed E-state index contributed by atoms with van der Waals surface area (Å²) in [7, 11) is 0. The SMILES string of the molecule is NCC1CCCC1N1CCC(O)C1. The predicted octanol–water partition coefficient (Wildman–Crippen LogP) is 0.180. The lowest BCUT2D eigenvalue weighted by molar-refractivity contribution is 0.145. The number of hydrogen-bond acceptors (Lipinski definition) is 3. The third-order valence-corrected chi connectivity index (χ3v) is 3.59. The monoisotopic (exact) mass is 184 g/mol. The lowest BCUT2D eigenvalue weighted by Gasteiger charge is -2.28. The lowest BCUT2D eigenvalue weighted by atomic mass is 10.0. The highest BCUT2D eigenvalue weighted by atomic mass is 16.3. The van der Waals surface area contributed by atoms with E-state index in [1.165, 1.54) is 19.3 Å². The van der Waals surface area contributed by atoms with E-state index in [2.05, 4.69) is 4.90 Å². The van der Waals surface area contributed by atoms with Crippen molar-refractivity contribution >= 4 is 0 Å². The van der Waals surface area contributed by atoms with Gasteiger partial charge < -0.3 is 10.8 Å². The quantitative estimate of drug-likeness (QED) is 0.643. The Balaban J connectivity index is 1.92. The van der Waals surface area contributed by atoms with Crippen LogP contribution in [0, 0.1) is 5.92 Å². The van der Waals surface area contributed by atoms with Crippen LogP contribution in [0.1, 0.15) is 25.7 Å². The maximum absolute atomic E-state index is 9.45. The van der Waals surface area contributed by atoms with Crippen molar-refractivity contribution in [3.63, 3.8) is 0 Å². The molecule has 1 saturated heterocycles. The van der Waals surface area contributed by atoms with Crippen LogP contribution in [0.4, 0.5) is 0 Å². The number of likely N-dealkylation sites (tertiary alicyclic amines) is 1. The van der Waals surface area contributed by atoms with Gasteiger partial charge in [0, 0.05) is 19.1 Å². The van der Waals surface area contributed by atoms with Gasteiger partial charge in [-0.25, -0.2) is 0 Å². The highest BCUT2D eigenvalue weighted by Gasteiger charge is 2.34. The topological polar surface area (TPSA) is 49.5 Å². The molecule has 3 heteroatoms. The zero-order chi connectivity index (χ0) is 9.26. The standard InChI is InChI=1S/C10H20N2O/c11-6-8-2-1-3-10(8)12-5-4-9(13)7-12/h8-10,13H,1-7,11H2. The third kappa shape index (κ3) is 1.87. The first-order valence-corrected chi connectivity index (χ1v) is 5.43. The Morgan fingerprint density at radius 1 is 1.31 bits per heavy atom. The average Bonchev–Trinajstić information content (AvgIpc) is 2.71. The third-order valence-electron chi connectivity index (χ3n) is 3.59. The van der Waals surface area contributed by atoms with Crippen LogP contribution in [0.25, 0.3) is 0 Å². The number of β-amino-alcohol motifs (C(OH)–C–C–N with tert-alkyl or cyclic N) is 1. The first kappa shape index (κ1) is 9.44. The molecule has 2 aliphatic rings. The zero-order valence-corrected chi connectivity index (χ0v) is 8.15. The number of hydrogen-bond donors (Lipinski definition) is 2. The van der Waals surface area contributed by atoms with Crippen molar-refractivity contribution in [1.82, 2.24) is 4.90 Å². The first-order valence-electron chi connectivity index (χ1n) is 5.43. The van der Waals surface area contributed by atoms with Crippen LogP contribution < -0.4 is 5.73 Å². The minimum absolute atomic E-state index is 0.0842. The molecule has 3 unspecified atom stereocenters. The Morgan fingerprint density at radius 2 is 2.15 bits per heavy atom. The van der Waals surface area contributed by atoms with E-state index in [1.54, 1.807) is 0 Å². The molecule has 0 radical (unpaired) electrons. The van der Waals surface area contributed by atoms with Gasteiger partial charge in [-0.1, -0.05) is 6.42 Å². The second kappa shape index (κ2) is 3.95. The summed E-state index contributed by atoms with van der Waals surface area (Å²) in [5.74, 6) is 0.685. The van der Waals surface area contributed by atoms with Crippen molar-refractivity contribution in [3.05, 3.63) is 0 Å². The van der Waals surface area contributed by atoms with Gasteiger partial charge in [-0.05, 0) is 31.7 Å². The first-order chi connectivity index (χ1) is 6.31. The van der Waals surface area contributed by atoms with E-state index in [0.717, 1.165) is 26.1 Å². The normalized spacial score (nSPS) is 41.5. The predicted molar refractivity (Wildman–Crippen MR) is 52.4 cm³/mol. The van der Waals surface area contributed by atoms with Gasteiger partial charge in [-0.3, -0.25) is 4.90 Å². The molecule has 0 aromatic carbocycles. The largest absolute Gasteiger partial charge is 0.392 e. The van der Waals surface area contributed by atoms with E-state index in [-0.39, 0.29) is 6.10 Å². The summed E-state index contributed by atoms with van der Waals surface area (Å²) in [6, 6.07) is 0.669. The number of aliphatic hydroxyl groups excluding tert-OH is 1. The van der Waals surface area contributed by atoms with Gasteiger partial charge in [0.05, 0.1) is 6.10 Å². The molecule has 2 fully saturated rings.